The van der Waals surface area contributed by atoms with Crippen molar-refractivity contribution in [2.75, 3.05) is 12.0 Å². The first kappa shape index (κ1) is 22.8. The van der Waals surface area contributed by atoms with Crippen molar-refractivity contribution in [3.05, 3.63) is 64.2 Å². The predicted octanol–water partition coefficient (Wildman–Crippen LogP) is 5.77. The van der Waals surface area contributed by atoms with Crippen LogP contribution in [0.5, 0.6) is 5.75 Å². The van der Waals surface area contributed by atoms with E-state index in [9.17, 15) is 14.0 Å². The number of anilines is 2. The SMILES string of the molecule is COc1cccc(F)c1-c1c(Cl)cc2c(c1F)N(c1c(C)ncnc1C(C)C)C(=O)CC2=O. The summed E-state index contributed by atoms with van der Waals surface area (Å²) in [7, 11) is 1.32. The second-order valence-electron chi connectivity index (χ2n) is 7.94. The Morgan fingerprint density at radius 2 is 1.85 bits per heavy atom. The lowest BCUT2D eigenvalue weighted by Gasteiger charge is -2.32. The van der Waals surface area contributed by atoms with Gasteiger partial charge in [-0.25, -0.2) is 18.7 Å². The van der Waals surface area contributed by atoms with E-state index in [0.29, 0.717) is 17.1 Å². The average Bonchev–Trinajstić information content (AvgIpc) is 2.76. The van der Waals surface area contributed by atoms with Crippen LogP contribution in [0.1, 0.15) is 47.9 Å². The van der Waals surface area contributed by atoms with Crippen LogP contribution < -0.4 is 9.64 Å². The molecule has 4 rings (SSSR count). The van der Waals surface area contributed by atoms with Gasteiger partial charge in [0.05, 0.1) is 46.9 Å². The number of ketones is 1. The van der Waals surface area contributed by atoms with Crippen LogP contribution in [-0.4, -0.2) is 28.8 Å². The van der Waals surface area contributed by atoms with Crippen LogP contribution in [0.25, 0.3) is 11.1 Å². The summed E-state index contributed by atoms with van der Waals surface area (Å²) in [6.45, 7) is 5.42. The second-order valence-corrected chi connectivity index (χ2v) is 8.34. The molecule has 0 saturated carbocycles. The fraction of sp³-hybridized carbons (Fsp3) is 0.250. The quantitative estimate of drug-likeness (QED) is 0.452. The fourth-order valence-corrected chi connectivity index (χ4v) is 4.33. The number of hydrogen-bond donors (Lipinski definition) is 0. The molecule has 1 aromatic heterocycles. The van der Waals surface area contributed by atoms with Crippen molar-refractivity contribution in [1.82, 2.24) is 9.97 Å². The maximum Gasteiger partial charge on any atom is 0.239 e. The molecule has 0 unspecified atom stereocenters. The summed E-state index contributed by atoms with van der Waals surface area (Å²) < 4.78 is 36.3. The molecule has 2 aromatic carbocycles. The van der Waals surface area contributed by atoms with Gasteiger partial charge in [-0.15, -0.1) is 0 Å². The molecule has 2 heterocycles. The third kappa shape index (κ3) is 3.64. The first-order chi connectivity index (χ1) is 15.7. The fourth-order valence-electron chi connectivity index (χ4n) is 4.04. The van der Waals surface area contributed by atoms with Crippen molar-refractivity contribution in [3.8, 4) is 16.9 Å². The Kier molecular flexibility index (Phi) is 5.88. The minimum absolute atomic E-state index is 0.0536. The molecule has 0 bridgehead atoms. The van der Waals surface area contributed by atoms with E-state index < -0.39 is 29.7 Å². The van der Waals surface area contributed by atoms with E-state index in [1.54, 1.807) is 6.92 Å². The maximum absolute atomic E-state index is 16.3. The van der Waals surface area contributed by atoms with Crippen LogP contribution in [0.2, 0.25) is 5.02 Å². The molecule has 0 atom stereocenters. The molecule has 0 saturated heterocycles. The van der Waals surface area contributed by atoms with Crippen LogP contribution in [0.15, 0.2) is 30.6 Å². The number of nitrogens with zero attached hydrogens (tertiary/aromatic N) is 3. The minimum atomic E-state index is -1.01. The number of methoxy groups -OCH3 is 1. The number of ether oxygens (including phenoxy) is 1. The summed E-state index contributed by atoms with van der Waals surface area (Å²) in [6, 6.07) is 5.29. The number of Topliss-reactive ketones (excluding diaryl/α,β-unsaturated/α-hetero) is 1. The number of hydrogen-bond acceptors (Lipinski definition) is 5. The summed E-state index contributed by atoms with van der Waals surface area (Å²) in [6.07, 6.45) is 0.888. The summed E-state index contributed by atoms with van der Waals surface area (Å²) in [5.41, 5.74) is 0.338. The molecule has 1 aliphatic heterocycles. The largest absolute Gasteiger partial charge is 0.496 e. The van der Waals surface area contributed by atoms with Crippen LogP contribution in [-0.2, 0) is 4.79 Å². The summed E-state index contributed by atoms with van der Waals surface area (Å²) in [5.74, 6) is -3.08. The van der Waals surface area contributed by atoms with Gasteiger partial charge in [-0.3, -0.25) is 14.5 Å². The number of amides is 1. The maximum atomic E-state index is 16.3. The van der Waals surface area contributed by atoms with E-state index in [0.717, 1.165) is 11.0 Å². The molecule has 1 aliphatic rings. The number of aromatic nitrogens is 2. The highest BCUT2D eigenvalue weighted by molar-refractivity contribution is 6.35. The highest BCUT2D eigenvalue weighted by Gasteiger charge is 2.39. The van der Waals surface area contributed by atoms with E-state index in [1.807, 2.05) is 13.8 Å². The molecule has 0 fully saturated rings. The van der Waals surface area contributed by atoms with Crippen molar-refractivity contribution >= 4 is 34.7 Å². The summed E-state index contributed by atoms with van der Waals surface area (Å²) >= 11 is 6.37. The molecule has 6 nitrogen and oxygen atoms in total. The predicted molar refractivity (Wildman–Crippen MR) is 120 cm³/mol. The van der Waals surface area contributed by atoms with Crippen LogP contribution >= 0.6 is 11.6 Å². The Morgan fingerprint density at radius 3 is 2.52 bits per heavy atom. The smallest absolute Gasteiger partial charge is 0.239 e. The molecule has 9 heteroatoms. The Hall–Kier alpha value is -3.39. The van der Waals surface area contributed by atoms with Gasteiger partial charge in [0, 0.05) is 11.1 Å². The zero-order valence-corrected chi connectivity index (χ0v) is 19.1. The third-order valence-electron chi connectivity index (χ3n) is 5.53. The molecule has 33 heavy (non-hydrogen) atoms. The van der Waals surface area contributed by atoms with Crippen LogP contribution in [0, 0.1) is 18.6 Å². The number of rotatable bonds is 4. The highest BCUT2D eigenvalue weighted by atomic mass is 35.5. The zero-order valence-electron chi connectivity index (χ0n) is 18.4. The van der Waals surface area contributed by atoms with E-state index in [4.69, 9.17) is 16.3 Å². The molecule has 0 radical (unpaired) electrons. The minimum Gasteiger partial charge on any atom is -0.496 e. The number of carbonyl (C=O) groups is 2. The van der Waals surface area contributed by atoms with Gasteiger partial charge < -0.3 is 4.74 Å². The first-order valence-electron chi connectivity index (χ1n) is 10.2. The number of halogens is 3. The van der Waals surface area contributed by atoms with Crippen LogP contribution in [0.3, 0.4) is 0 Å². The average molecular weight is 472 g/mol. The van der Waals surface area contributed by atoms with Gasteiger partial charge in [0.25, 0.3) is 0 Å². The summed E-state index contributed by atoms with van der Waals surface area (Å²) in [5, 5.41) is -0.178. The van der Waals surface area contributed by atoms with Gasteiger partial charge in [-0.05, 0) is 31.0 Å². The number of carbonyl (C=O) groups excluding carboxylic acids is 2. The number of aryl methyl sites for hydroxylation is 1. The molecule has 0 N–H and O–H groups in total. The second kappa shape index (κ2) is 8.51. The summed E-state index contributed by atoms with van der Waals surface area (Å²) in [4.78, 5) is 35.4. The molecule has 1 amide bonds. The van der Waals surface area contributed by atoms with E-state index >= 15 is 4.39 Å². The van der Waals surface area contributed by atoms with Crippen molar-refractivity contribution in [2.24, 2.45) is 0 Å². The van der Waals surface area contributed by atoms with Gasteiger partial charge >= 0.3 is 0 Å². The lowest BCUT2D eigenvalue weighted by Crippen LogP contribution is -2.36. The van der Waals surface area contributed by atoms with E-state index in [2.05, 4.69) is 9.97 Å². The monoisotopic (exact) mass is 471 g/mol. The molecule has 0 spiro atoms. The molecular weight excluding hydrogens is 452 g/mol. The lowest BCUT2D eigenvalue weighted by atomic mass is 9.92. The Morgan fingerprint density at radius 1 is 1.12 bits per heavy atom. The Labute approximate surface area is 194 Å². The van der Waals surface area contributed by atoms with Gasteiger partial charge in [0.1, 0.15) is 17.9 Å². The Balaban J connectivity index is 2.10. The molecular formula is C24H20ClF2N3O3. The molecule has 3 aromatic rings. The lowest BCUT2D eigenvalue weighted by molar-refractivity contribution is -0.117. The van der Waals surface area contributed by atoms with Crippen molar-refractivity contribution in [2.45, 2.75) is 33.1 Å². The van der Waals surface area contributed by atoms with E-state index in [1.165, 1.54) is 31.6 Å². The number of fused-ring (bicyclic) bond motifs is 1. The van der Waals surface area contributed by atoms with Crippen molar-refractivity contribution in [1.29, 1.82) is 0 Å². The molecule has 170 valence electrons. The topological polar surface area (TPSA) is 72.4 Å². The third-order valence-corrected chi connectivity index (χ3v) is 5.82. The highest BCUT2D eigenvalue weighted by Crippen LogP contribution is 2.47. The Bertz CT molecular complexity index is 1310. The van der Waals surface area contributed by atoms with Crippen molar-refractivity contribution in [3.63, 3.8) is 0 Å². The van der Waals surface area contributed by atoms with Crippen molar-refractivity contribution < 1.29 is 23.1 Å². The normalized spacial score (nSPS) is 13.5. The van der Waals surface area contributed by atoms with Crippen LogP contribution in [0.4, 0.5) is 20.2 Å². The van der Waals surface area contributed by atoms with Gasteiger partial charge in [-0.1, -0.05) is 31.5 Å². The number of benzene rings is 2. The standard InChI is InChI=1S/C24H20ClF2N3O3/c1-11(2)22-23(12(3)28-10-29-22)30-18(32)9-16(31)13-8-14(25)19(21(27)24(13)30)20-15(26)6-5-7-17(20)33-4/h5-8,10-11H,9H2,1-4H3. The van der Waals surface area contributed by atoms with Gasteiger partial charge in [0.15, 0.2) is 11.6 Å². The van der Waals surface area contributed by atoms with E-state index in [-0.39, 0.29) is 39.1 Å². The first-order valence-corrected chi connectivity index (χ1v) is 10.6. The van der Waals surface area contributed by atoms with Gasteiger partial charge in [0.2, 0.25) is 5.91 Å². The van der Waals surface area contributed by atoms with Gasteiger partial charge in [-0.2, -0.15) is 0 Å². The molecule has 0 aliphatic carbocycles. The zero-order chi connectivity index (χ0) is 24.0.